The van der Waals surface area contributed by atoms with Crippen LogP contribution >= 0.6 is 0 Å². The van der Waals surface area contributed by atoms with Crippen molar-refractivity contribution in [1.29, 1.82) is 0 Å². The van der Waals surface area contributed by atoms with Crippen molar-refractivity contribution < 1.29 is 4.79 Å². The summed E-state index contributed by atoms with van der Waals surface area (Å²) in [6.45, 7) is 2.71. The molecule has 0 spiro atoms. The van der Waals surface area contributed by atoms with Crippen LogP contribution in [0.5, 0.6) is 0 Å². The van der Waals surface area contributed by atoms with Gasteiger partial charge in [-0.3, -0.25) is 9.48 Å². The smallest absolute Gasteiger partial charge is 0.274 e. The molecule has 0 bridgehead atoms. The van der Waals surface area contributed by atoms with Crippen molar-refractivity contribution in [3.05, 3.63) is 11.9 Å². The molecule has 0 atom stereocenters. The number of amides is 1. The van der Waals surface area contributed by atoms with Gasteiger partial charge in [-0.15, -0.1) is 0 Å². The topological polar surface area (TPSA) is 67.4 Å². The van der Waals surface area contributed by atoms with Crippen LogP contribution in [-0.4, -0.2) is 59.2 Å². The molecule has 0 saturated carbocycles. The number of anilines is 1. The van der Waals surface area contributed by atoms with Crippen molar-refractivity contribution in [2.24, 2.45) is 13.0 Å². The van der Waals surface area contributed by atoms with Gasteiger partial charge in [0.2, 0.25) is 0 Å². The van der Waals surface area contributed by atoms with Crippen molar-refractivity contribution in [3.8, 4) is 0 Å². The fourth-order valence-electron chi connectivity index (χ4n) is 2.70. The lowest BCUT2D eigenvalue weighted by Crippen LogP contribution is -2.41. The Balaban J connectivity index is 1.96. The highest BCUT2D eigenvalue weighted by molar-refractivity contribution is 5.97. The Kier molecular flexibility index (Phi) is 4.09. The summed E-state index contributed by atoms with van der Waals surface area (Å²) in [6.07, 6.45) is 3.65. The van der Waals surface area contributed by atoms with E-state index in [1.807, 2.05) is 4.90 Å². The summed E-state index contributed by atoms with van der Waals surface area (Å²) in [5.74, 6) is 0.684. The normalized spacial score (nSPS) is 17.2. The predicted molar refractivity (Wildman–Crippen MR) is 74.8 cm³/mol. The van der Waals surface area contributed by atoms with E-state index in [0.29, 0.717) is 17.3 Å². The standard InChI is InChI=1S/C13H23N5O/c1-16(2)9-10-4-6-18(7-5-10)13(19)12-11(14)8-15-17(12)3/h8,10H,4-7,9,14H2,1-3H3. The number of carbonyl (C=O) groups is 1. The number of nitrogens with zero attached hydrogens (tertiary/aromatic N) is 4. The van der Waals surface area contributed by atoms with E-state index in [1.165, 1.54) is 6.20 Å². The van der Waals surface area contributed by atoms with Crippen LogP contribution in [0.25, 0.3) is 0 Å². The van der Waals surface area contributed by atoms with E-state index >= 15 is 0 Å². The van der Waals surface area contributed by atoms with Gasteiger partial charge in [-0.25, -0.2) is 0 Å². The molecule has 2 heterocycles. The Morgan fingerprint density at radius 3 is 2.58 bits per heavy atom. The lowest BCUT2D eigenvalue weighted by molar-refractivity contribution is 0.0668. The first kappa shape index (κ1) is 13.9. The number of hydrogen-bond donors (Lipinski definition) is 1. The van der Waals surface area contributed by atoms with Gasteiger partial charge in [-0.05, 0) is 32.9 Å². The van der Waals surface area contributed by atoms with Crippen molar-refractivity contribution >= 4 is 11.6 Å². The van der Waals surface area contributed by atoms with E-state index in [2.05, 4.69) is 24.1 Å². The number of hydrogen-bond acceptors (Lipinski definition) is 4. The van der Waals surface area contributed by atoms with Crippen LogP contribution in [0.4, 0.5) is 5.69 Å². The van der Waals surface area contributed by atoms with Crippen molar-refractivity contribution in [1.82, 2.24) is 19.6 Å². The van der Waals surface area contributed by atoms with Gasteiger partial charge in [0, 0.05) is 26.7 Å². The summed E-state index contributed by atoms with van der Waals surface area (Å²) in [5, 5.41) is 4.02. The third kappa shape index (κ3) is 3.07. The minimum absolute atomic E-state index is 0.000744. The molecule has 1 saturated heterocycles. The van der Waals surface area contributed by atoms with Gasteiger partial charge >= 0.3 is 0 Å². The number of likely N-dealkylation sites (tertiary alicyclic amines) is 1. The lowest BCUT2D eigenvalue weighted by Gasteiger charge is -2.33. The molecule has 1 amide bonds. The van der Waals surface area contributed by atoms with Crippen LogP contribution in [-0.2, 0) is 7.05 Å². The number of aryl methyl sites for hydroxylation is 1. The predicted octanol–water partition coefficient (Wildman–Crippen LogP) is 0.416. The summed E-state index contributed by atoms with van der Waals surface area (Å²) in [6, 6.07) is 0. The van der Waals surface area contributed by atoms with Crippen LogP contribution in [0.2, 0.25) is 0 Å². The van der Waals surface area contributed by atoms with Crippen LogP contribution in [0.3, 0.4) is 0 Å². The second kappa shape index (κ2) is 5.61. The summed E-state index contributed by atoms with van der Waals surface area (Å²) in [7, 11) is 5.93. The molecule has 19 heavy (non-hydrogen) atoms. The van der Waals surface area contributed by atoms with Gasteiger partial charge in [-0.2, -0.15) is 5.10 Å². The average Bonchev–Trinajstić information content (AvgIpc) is 2.68. The largest absolute Gasteiger partial charge is 0.396 e. The molecule has 2 rings (SSSR count). The molecule has 6 heteroatoms. The second-order valence-electron chi connectivity index (χ2n) is 5.57. The van der Waals surface area contributed by atoms with Crippen LogP contribution in [0.1, 0.15) is 23.3 Å². The van der Waals surface area contributed by atoms with E-state index < -0.39 is 0 Å². The third-order valence-corrected chi connectivity index (χ3v) is 3.69. The number of nitrogen functional groups attached to an aromatic ring is 1. The minimum Gasteiger partial charge on any atom is -0.396 e. The first-order chi connectivity index (χ1) is 8.99. The van der Waals surface area contributed by atoms with Gasteiger partial charge in [0.25, 0.3) is 5.91 Å². The SMILES string of the molecule is CN(C)CC1CCN(C(=O)c2c(N)cnn2C)CC1. The molecular weight excluding hydrogens is 242 g/mol. The number of aromatic nitrogens is 2. The molecule has 6 nitrogen and oxygen atoms in total. The van der Waals surface area contributed by atoms with Crippen LogP contribution < -0.4 is 5.73 Å². The van der Waals surface area contributed by atoms with Gasteiger partial charge in [0.05, 0.1) is 11.9 Å². The molecule has 0 unspecified atom stereocenters. The van der Waals surface area contributed by atoms with Gasteiger partial charge in [0.15, 0.2) is 0 Å². The molecule has 1 aromatic rings. The summed E-state index contributed by atoms with van der Waals surface area (Å²) in [5.41, 5.74) is 6.77. The van der Waals surface area contributed by atoms with E-state index in [4.69, 9.17) is 5.73 Å². The Hall–Kier alpha value is -1.56. The molecule has 1 aliphatic rings. The molecule has 1 aliphatic heterocycles. The molecule has 2 N–H and O–H groups in total. The van der Waals surface area contributed by atoms with Crippen LogP contribution in [0.15, 0.2) is 6.20 Å². The van der Waals surface area contributed by atoms with Crippen molar-refractivity contribution in [2.75, 3.05) is 39.5 Å². The quantitative estimate of drug-likeness (QED) is 0.860. The molecule has 0 aliphatic carbocycles. The first-order valence-electron chi connectivity index (χ1n) is 6.70. The number of rotatable bonds is 3. The maximum absolute atomic E-state index is 12.4. The molecule has 1 aromatic heterocycles. The molecule has 0 aromatic carbocycles. The highest BCUT2D eigenvalue weighted by atomic mass is 16.2. The molecule has 1 fully saturated rings. The Bertz CT molecular complexity index is 426. The zero-order valence-corrected chi connectivity index (χ0v) is 12.0. The van der Waals surface area contributed by atoms with Crippen molar-refractivity contribution in [2.45, 2.75) is 12.8 Å². The van der Waals surface area contributed by atoms with E-state index in [9.17, 15) is 4.79 Å². The van der Waals surface area contributed by atoms with Gasteiger partial charge in [-0.1, -0.05) is 0 Å². The molecule has 106 valence electrons. The lowest BCUT2D eigenvalue weighted by atomic mass is 9.96. The van der Waals surface area contributed by atoms with Crippen molar-refractivity contribution in [3.63, 3.8) is 0 Å². The Labute approximate surface area is 114 Å². The minimum atomic E-state index is 0.000744. The third-order valence-electron chi connectivity index (χ3n) is 3.69. The Morgan fingerprint density at radius 1 is 1.47 bits per heavy atom. The summed E-state index contributed by atoms with van der Waals surface area (Å²) >= 11 is 0. The first-order valence-corrected chi connectivity index (χ1v) is 6.70. The zero-order valence-electron chi connectivity index (χ0n) is 12.0. The Morgan fingerprint density at radius 2 is 2.11 bits per heavy atom. The summed E-state index contributed by atoms with van der Waals surface area (Å²) < 4.78 is 1.56. The maximum Gasteiger partial charge on any atom is 0.274 e. The highest BCUT2D eigenvalue weighted by Crippen LogP contribution is 2.21. The highest BCUT2D eigenvalue weighted by Gasteiger charge is 2.26. The van der Waals surface area contributed by atoms with Gasteiger partial charge < -0.3 is 15.5 Å². The zero-order chi connectivity index (χ0) is 14.0. The summed E-state index contributed by atoms with van der Waals surface area (Å²) in [4.78, 5) is 16.5. The molecule has 0 radical (unpaired) electrons. The van der Waals surface area contributed by atoms with Gasteiger partial charge in [0.1, 0.15) is 5.69 Å². The second-order valence-corrected chi connectivity index (χ2v) is 5.57. The van der Waals surface area contributed by atoms with E-state index in [-0.39, 0.29) is 5.91 Å². The number of carbonyl (C=O) groups excluding carboxylic acids is 1. The maximum atomic E-state index is 12.4. The molecular formula is C13H23N5O. The fraction of sp³-hybridized carbons (Fsp3) is 0.692. The fourth-order valence-corrected chi connectivity index (χ4v) is 2.70. The average molecular weight is 265 g/mol. The van der Waals surface area contributed by atoms with E-state index in [1.54, 1.807) is 11.7 Å². The monoisotopic (exact) mass is 265 g/mol. The van der Waals surface area contributed by atoms with Crippen LogP contribution in [0, 0.1) is 5.92 Å². The van der Waals surface area contributed by atoms with E-state index in [0.717, 1.165) is 32.5 Å². The number of nitrogens with two attached hydrogens (primary N) is 1. The number of piperidine rings is 1.